The van der Waals surface area contributed by atoms with Crippen LogP contribution in [0.25, 0.3) is 0 Å². The van der Waals surface area contributed by atoms with Gasteiger partial charge in [0, 0.05) is 0 Å². The Kier molecular flexibility index (Phi) is 132. The van der Waals surface area contributed by atoms with E-state index in [9.17, 15) is 0 Å². The summed E-state index contributed by atoms with van der Waals surface area (Å²) in [4.78, 5) is 0. The van der Waals surface area contributed by atoms with Gasteiger partial charge >= 0.3 is 0 Å². The van der Waals surface area contributed by atoms with E-state index in [-0.39, 0.29) is 0 Å². The van der Waals surface area contributed by atoms with Crippen LogP contribution in [0.1, 0.15) is 0 Å². The van der Waals surface area contributed by atoms with Crippen molar-refractivity contribution in [3.63, 3.8) is 0 Å². The zero-order valence-electron chi connectivity index (χ0n) is 61.5. The van der Waals surface area contributed by atoms with Crippen LogP contribution in [-0.4, -0.2) is 1.28 Å². The first kappa shape index (κ1) is 167. The minimum atomic E-state index is -1.47. The molecule has 0 N–H and O–H groups in total. The van der Waals surface area contributed by atoms with Crippen molar-refractivity contribution in [1.82, 2.24) is 0 Å². The fourth-order valence-electron chi connectivity index (χ4n) is 7.19. The molecule has 0 aromatic carbocycles. The zero-order chi connectivity index (χ0) is 94.2. The lowest BCUT2D eigenvalue weighted by molar-refractivity contribution is 4.31. The lowest BCUT2D eigenvalue weighted by atomic mass is 28.4. The summed E-state index contributed by atoms with van der Waals surface area (Å²) >= 11 is 0. The maximum absolute atomic E-state index is 15.6. The minimum absolute atomic E-state index is 0.457. The van der Waals surface area contributed by atoms with E-state index in [0.29, 0.717) is 0 Å². The Hall–Kier alpha value is 50.7. The Morgan fingerprint density at radius 2 is 0.178 bits per heavy atom. The van der Waals surface area contributed by atoms with Gasteiger partial charge in [0.05, 0.1) is 1.28 Å². The van der Waals surface area contributed by atoms with E-state index < -0.39 is 406 Å². The molecule has 0 bridgehead atoms. The molecule has 65 atom stereocenters. The zero-order valence-corrected chi connectivity index (χ0v) is 182. The first-order chi connectivity index (χ1) is 54.2. The molecule has 0 saturated carbocycles. The van der Waals surface area contributed by atoms with Crippen LogP contribution in [0.15, 0.2) is 0 Å². The van der Waals surface area contributed by atoms with Gasteiger partial charge in [-0.05, 0) is 406 Å². The molecule has 65 unspecified atom stereocenters. The highest BCUT2D eigenvalue weighted by Gasteiger charge is 2.66. The minimum Gasteiger partial charge on any atom is -0.109 e. The van der Waals surface area contributed by atoms with Crippen molar-refractivity contribution in [3.8, 4) is 0 Å². The first-order valence-corrected chi connectivity index (χ1v) is 242. The average molecular weight is 3780 g/mol. The van der Waals surface area contributed by atoms with Crippen LogP contribution in [0.2, 0.25) is 0 Å². The second-order valence-corrected chi connectivity index (χ2v) is 507. The summed E-state index contributed by atoms with van der Waals surface area (Å²) in [6.45, 7) is -33.3. The van der Waals surface area contributed by atoms with E-state index in [1.165, 1.54) is 0 Å². The molecular weight excluding hydrogens is 3650 g/mol. The molecule has 118 heteroatoms. The molecule has 0 radical (unpaired) electrons. The Morgan fingerprint density at radius 3 is 0.254 bits per heavy atom. The van der Waals surface area contributed by atoms with Crippen LogP contribution in [-0.2, 0) is 0 Å². The van der Waals surface area contributed by atoms with Gasteiger partial charge in [0.1, 0.15) is 0 Å². The Labute approximate surface area is 926 Å². The molecule has 0 aliphatic rings. The van der Waals surface area contributed by atoms with E-state index in [4.69, 9.17) is 0 Å². The predicted molar refractivity (Wildman–Crippen MR) is 984 cm³/mol. The largest absolute Gasteiger partial charge is 0.109 e. The maximum atomic E-state index is 15.6. The third kappa shape index (κ3) is 59.8. The van der Waals surface area contributed by atoms with Crippen LogP contribution in [0.4, 0.5) is 0 Å². The second-order valence-electron chi connectivity index (χ2n) is 18.8. The fourth-order valence-corrected chi connectivity index (χ4v) is 1750. The molecule has 0 rings (SSSR count). The summed E-state index contributed by atoms with van der Waals surface area (Å²) in [5, 5.41) is 0. The van der Waals surface area contributed by atoms with Crippen molar-refractivity contribution in [2.24, 2.45) is 0 Å². The molecule has 710 valence electrons. The highest BCUT2D eigenvalue weighted by atomic mass is 33.6. The summed E-state index contributed by atoms with van der Waals surface area (Å²) in [7, 11) is 224. The average Bonchev–Trinajstić information content (AvgIpc) is 0.710. The second kappa shape index (κ2) is 93.2. The molecule has 0 fully saturated rings. The molecular formula is H120P118. The highest BCUT2D eigenvalue weighted by molar-refractivity contribution is 9.59. The van der Waals surface area contributed by atoms with Gasteiger partial charge in [0.25, 0.3) is 0 Å². The number of hydrogen-bond donors (Lipinski definition) is 0. The van der Waals surface area contributed by atoms with Gasteiger partial charge in [-0.1, -0.05) is 7.96 Å². The van der Waals surface area contributed by atoms with Crippen LogP contribution < -0.4 is 0 Å². The normalized spacial score (nSPS) is 16.2. The highest BCUT2D eigenvalue weighted by Crippen LogP contribution is 3.53. The number of rotatable bonds is 58. The van der Waals surface area contributed by atoms with Gasteiger partial charge < -0.3 is 0 Å². The van der Waals surface area contributed by atoms with E-state index in [2.05, 4.69) is 527 Å². The quantitative estimate of drug-likeness (QED) is 0.0533. The SMILES string of the molecule is [2H]P(P(P(P(P(P)P)P(P)P)P(P(PP)P(P)P)P(P(P)P)P(P)P)P(P(P(P(P)P)P(P)P)P(P(P)P)P(P)P)P(P(P(P)P)P(P)P)P(P(P)P)P(P)P)P(P(P(P(P(P)P)P(P)P)P(P(P)P)P(P)P)P(P(P(P)P)P(P)P)P(P(P)P)P(P)P)P(P(P(P(P)P)P(P)P)P(P(P)P)P(P)P)P(P(P(P)P)P(P)P)P(P(P)P)P(P)P. The molecule has 0 nitrogen and oxygen atoms in total. The van der Waals surface area contributed by atoms with Crippen molar-refractivity contribution < 1.29 is 0 Å². The number of hydrogen-bond acceptors (Lipinski definition) is 0. The summed E-state index contributed by atoms with van der Waals surface area (Å²) in [6.07, 6.45) is 0. The lowest BCUT2D eigenvalue weighted by Crippen LogP contribution is -1.74. The van der Waals surface area contributed by atoms with Gasteiger partial charge in [-0.25, -0.2) is 0 Å². The summed E-state index contributed by atoms with van der Waals surface area (Å²) in [6, 6.07) is 0. The van der Waals surface area contributed by atoms with E-state index in [1.54, 1.807) is 0 Å². The standard InChI is InChI=1S/H120P118/c1-60-91(62(2)3)108(94(63(4)5)64(6)7)109(95(65(8)9)66(10)11)92(110(113(96(67(12)13)68(14)15)97(69(16)17)70(18)19)114(98(71(20)21)72(22)23)99(73(24)25)74(26)27)61-93(111(115(100(75(28)29)76(30)31)101(77(32)33)78(34)35)116(102(79(36)37)80(38)39)103(81(40)41)82(42)43)112(117(104(83(44)45)84(46)47)105(85(48)49)86(50)51)118(106(87(52)53)88(54)55)107(89(56)57)90(58)59/h60-61H,1-59H2/i61D. The van der Waals surface area contributed by atoms with Gasteiger partial charge in [-0.3, -0.25) is 0 Å². The van der Waals surface area contributed by atoms with Crippen molar-refractivity contribution in [2.45, 2.75) is 0 Å². The van der Waals surface area contributed by atoms with E-state index in [1.807, 2.05) is 0 Å². The van der Waals surface area contributed by atoms with Crippen molar-refractivity contribution in [1.29, 1.82) is 1.28 Å². The molecule has 0 saturated heterocycles. The summed E-state index contributed by atoms with van der Waals surface area (Å²) in [5.74, 6) is 0. The summed E-state index contributed by atoms with van der Waals surface area (Å²) < 4.78 is 15.6. The molecule has 0 aliphatic carbocycles. The van der Waals surface area contributed by atoms with Crippen molar-refractivity contribution in [3.05, 3.63) is 0 Å². The maximum Gasteiger partial charge on any atom is 0.0690 e. The van der Waals surface area contributed by atoms with Crippen molar-refractivity contribution >= 4 is 941 Å². The lowest BCUT2D eigenvalue weighted by Gasteiger charge is -2.62. The van der Waals surface area contributed by atoms with Crippen LogP contribution >= 0.6 is 941 Å². The predicted octanol–water partition coefficient (Wildman–Crippen LogP) is 69.5. The van der Waals surface area contributed by atoms with Gasteiger partial charge in [0.15, 0.2) is 0 Å². The Balaban J connectivity index is 15.7. The van der Waals surface area contributed by atoms with Crippen LogP contribution in [0.3, 0.4) is 0 Å². The van der Waals surface area contributed by atoms with E-state index >= 15 is 1.28 Å². The molecule has 0 amide bonds. The van der Waals surface area contributed by atoms with Gasteiger partial charge in [0.2, 0.25) is 0 Å². The Bertz CT molecular complexity index is 2100. The first-order valence-electron chi connectivity index (χ1n) is 27.3. The Morgan fingerprint density at radius 1 is 0.102 bits per heavy atom. The fraction of sp³-hybridized carbons (Fsp3) is 0. The molecule has 0 aromatic heterocycles. The van der Waals surface area contributed by atoms with Crippen LogP contribution in [0.5, 0.6) is 0 Å². The topological polar surface area (TPSA) is 0 Å². The third-order valence-corrected chi connectivity index (χ3v) is 846. The van der Waals surface area contributed by atoms with E-state index in [0.717, 1.165) is 7.96 Å². The smallest absolute Gasteiger partial charge is 0.0690 e. The van der Waals surface area contributed by atoms with Crippen molar-refractivity contribution in [2.75, 3.05) is 0 Å². The van der Waals surface area contributed by atoms with Gasteiger partial charge in [-0.15, -0.1) is 527 Å². The molecule has 0 spiro atoms. The molecule has 0 heterocycles. The summed E-state index contributed by atoms with van der Waals surface area (Å²) in [5.41, 5.74) is 0. The third-order valence-electron chi connectivity index (χ3n) is 10.4. The van der Waals surface area contributed by atoms with Gasteiger partial charge in [-0.2, -0.15) is 0 Å². The monoisotopic (exact) mass is 3780 g/mol. The molecule has 0 aromatic rings. The van der Waals surface area contributed by atoms with Crippen LogP contribution in [0, 0.1) is 0 Å². The molecule has 118 heavy (non-hydrogen) atoms. The molecule has 0 aliphatic heterocycles.